The van der Waals surface area contributed by atoms with Crippen LogP contribution in [0.25, 0.3) is 0 Å². The van der Waals surface area contributed by atoms with E-state index in [1.165, 1.54) is 12.7 Å². The summed E-state index contributed by atoms with van der Waals surface area (Å²) in [6.45, 7) is 7.57. The molecule has 3 rings (SSSR count). The highest BCUT2D eigenvalue weighted by atomic mass is 16.5. The van der Waals surface area contributed by atoms with E-state index in [9.17, 15) is 9.59 Å². The maximum Gasteiger partial charge on any atom is 0.337 e. The molecule has 3 aromatic carbocycles. The lowest BCUT2D eigenvalue weighted by molar-refractivity contribution is 0.0600. The van der Waals surface area contributed by atoms with Crippen molar-refractivity contribution in [3.05, 3.63) is 138 Å². The molecule has 0 unspecified atom stereocenters. The number of amides is 1. The van der Waals surface area contributed by atoms with Crippen LogP contribution in [0.5, 0.6) is 0 Å². The molecule has 3 aromatic rings. The number of carbonyl (C=O) groups excluding carboxylic acids is 2. The van der Waals surface area contributed by atoms with Crippen molar-refractivity contribution in [2.75, 3.05) is 12.4 Å². The first kappa shape index (κ1) is 23.5. The Morgan fingerprint density at radius 3 is 2.36 bits per heavy atom. The third kappa shape index (κ3) is 6.40. The standard InChI is InChI=1S/C29H27NO3/c1-4-10-21(5-2)18-26-20-25(29(32)33-3)15-16-27(26)30-28(31)24-14-9-13-23(19-24)17-22-11-7-6-8-12-22/h4-16,19-20H,1-2,17-18H2,3H3,(H,30,31)/b21-10+. The number of allylic oxidation sites excluding steroid dienone is 4. The summed E-state index contributed by atoms with van der Waals surface area (Å²) in [5.41, 5.74) is 5.53. The van der Waals surface area contributed by atoms with Gasteiger partial charge in [-0.2, -0.15) is 0 Å². The molecule has 0 aromatic heterocycles. The van der Waals surface area contributed by atoms with Crippen LogP contribution < -0.4 is 5.32 Å². The van der Waals surface area contributed by atoms with Crippen LogP contribution in [0.1, 0.15) is 37.4 Å². The van der Waals surface area contributed by atoms with E-state index in [4.69, 9.17) is 4.74 Å². The molecule has 1 amide bonds. The predicted octanol–water partition coefficient (Wildman–Crippen LogP) is 6.16. The van der Waals surface area contributed by atoms with Gasteiger partial charge >= 0.3 is 5.97 Å². The van der Waals surface area contributed by atoms with Crippen LogP contribution in [-0.2, 0) is 17.6 Å². The Balaban J connectivity index is 1.87. The van der Waals surface area contributed by atoms with Crippen molar-refractivity contribution in [2.24, 2.45) is 0 Å². The van der Waals surface area contributed by atoms with Gasteiger partial charge in [0.25, 0.3) is 5.91 Å². The zero-order chi connectivity index (χ0) is 23.6. The van der Waals surface area contributed by atoms with E-state index in [2.05, 4.69) is 30.6 Å². The van der Waals surface area contributed by atoms with Crippen LogP contribution in [0.15, 0.2) is 110 Å². The van der Waals surface area contributed by atoms with Gasteiger partial charge in [0.1, 0.15) is 0 Å². The summed E-state index contributed by atoms with van der Waals surface area (Å²) in [4.78, 5) is 25.1. The van der Waals surface area contributed by atoms with E-state index < -0.39 is 5.97 Å². The third-order valence-electron chi connectivity index (χ3n) is 5.20. The first-order chi connectivity index (χ1) is 16.0. The molecule has 0 saturated carbocycles. The van der Waals surface area contributed by atoms with Crippen molar-refractivity contribution in [1.29, 1.82) is 0 Å². The number of methoxy groups -OCH3 is 1. The lowest BCUT2D eigenvalue weighted by Gasteiger charge is -2.14. The maximum absolute atomic E-state index is 13.1. The van der Waals surface area contributed by atoms with Crippen molar-refractivity contribution in [1.82, 2.24) is 0 Å². The van der Waals surface area contributed by atoms with Crippen molar-refractivity contribution in [3.8, 4) is 0 Å². The monoisotopic (exact) mass is 437 g/mol. The van der Waals surface area contributed by atoms with Crippen LogP contribution >= 0.6 is 0 Å². The molecule has 0 fully saturated rings. The topological polar surface area (TPSA) is 55.4 Å². The number of benzene rings is 3. The van der Waals surface area contributed by atoms with E-state index >= 15 is 0 Å². The molecule has 0 heterocycles. The molecule has 0 atom stereocenters. The summed E-state index contributed by atoms with van der Waals surface area (Å²) in [6, 6.07) is 22.8. The van der Waals surface area contributed by atoms with E-state index in [0.717, 1.165) is 23.1 Å². The van der Waals surface area contributed by atoms with E-state index in [-0.39, 0.29) is 5.91 Å². The van der Waals surface area contributed by atoms with Gasteiger partial charge in [-0.3, -0.25) is 4.79 Å². The van der Waals surface area contributed by atoms with Gasteiger partial charge in [-0.1, -0.05) is 73.9 Å². The lowest BCUT2D eigenvalue weighted by atomic mass is 9.99. The van der Waals surface area contributed by atoms with Crippen LogP contribution in [0, 0.1) is 0 Å². The number of carbonyl (C=O) groups is 2. The van der Waals surface area contributed by atoms with Gasteiger partial charge in [-0.25, -0.2) is 4.79 Å². The molecule has 166 valence electrons. The first-order valence-corrected chi connectivity index (χ1v) is 10.6. The lowest BCUT2D eigenvalue weighted by Crippen LogP contribution is -2.14. The zero-order valence-corrected chi connectivity index (χ0v) is 18.7. The number of rotatable bonds is 9. The van der Waals surface area contributed by atoms with Gasteiger partial charge in [0, 0.05) is 11.3 Å². The van der Waals surface area contributed by atoms with Crippen molar-refractivity contribution < 1.29 is 14.3 Å². The number of anilines is 1. The number of esters is 1. The molecular formula is C29H27NO3. The molecule has 4 nitrogen and oxygen atoms in total. The minimum atomic E-state index is -0.435. The average Bonchev–Trinajstić information content (AvgIpc) is 2.85. The highest BCUT2D eigenvalue weighted by Gasteiger charge is 2.14. The molecule has 0 saturated heterocycles. The molecule has 0 aliphatic rings. The van der Waals surface area contributed by atoms with Crippen LogP contribution in [0.2, 0.25) is 0 Å². The summed E-state index contributed by atoms with van der Waals surface area (Å²) in [6.07, 6.45) is 6.47. The fourth-order valence-electron chi connectivity index (χ4n) is 3.53. The molecule has 4 heteroatoms. The Hall–Kier alpha value is -4.18. The Morgan fingerprint density at radius 1 is 0.909 bits per heavy atom. The SMILES string of the molecule is C=C/C=C(\C=C)Cc1cc(C(=O)OC)ccc1NC(=O)c1cccc(Cc2ccccc2)c1. The Bertz CT molecular complexity index is 1190. The fourth-order valence-corrected chi connectivity index (χ4v) is 3.53. The van der Waals surface area contributed by atoms with E-state index in [0.29, 0.717) is 23.2 Å². The minimum absolute atomic E-state index is 0.218. The van der Waals surface area contributed by atoms with Crippen molar-refractivity contribution >= 4 is 17.6 Å². The summed E-state index contributed by atoms with van der Waals surface area (Å²) in [7, 11) is 1.34. The highest BCUT2D eigenvalue weighted by molar-refractivity contribution is 6.05. The van der Waals surface area contributed by atoms with Gasteiger partial charge in [0.15, 0.2) is 0 Å². The zero-order valence-electron chi connectivity index (χ0n) is 18.7. The number of nitrogens with one attached hydrogen (secondary N) is 1. The summed E-state index contributed by atoms with van der Waals surface area (Å²) >= 11 is 0. The van der Waals surface area contributed by atoms with Crippen LogP contribution in [-0.4, -0.2) is 19.0 Å². The summed E-state index contributed by atoms with van der Waals surface area (Å²) in [5.74, 6) is -0.652. The molecule has 0 radical (unpaired) electrons. The second-order valence-electron chi connectivity index (χ2n) is 7.54. The number of hydrogen-bond acceptors (Lipinski definition) is 3. The second-order valence-corrected chi connectivity index (χ2v) is 7.54. The molecule has 0 bridgehead atoms. The quantitative estimate of drug-likeness (QED) is 0.322. The smallest absolute Gasteiger partial charge is 0.337 e. The highest BCUT2D eigenvalue weighted by Crippen LogP contribution is 2.23. The number of ether oxygens (including phenoxy) is 1. The van der Waals surface area contributed by atoms with E-state index in [1.54, 1.807) is 36.4 Å². The Morgan fingerprint density at radius 2 is 1.67 bits per heavy atom. The van der Waals surface area contributed by atoms with Gasteiger partial charge in [0.05, 0.1) is 12.7 Å². The van der Waals surface area contributed by atoms with Crippen LogP contribution in [0.4, 0.5) is 5.69 Å². The Labute approximate surface area is 194 Å². The van der Waals surface area contributed by atoms with Crippen LogP contribution in [0.3, 0.4) is 0 Å². The van der Waals surface area contributed by atoms with Crippen molar-refractivity contribution in [2.45, 2.75) is 12.8 Å². The Kier molecular flexibility index (Phi) is 8.14. The second kappa shape index (κ2) is 11.4. The number of hydrogen-bond donors (Lipinski definition) is 1. The van der Waals surface area contributed by atoms with Crippen molar-refractivity contribution in [3.63, 3.8) is 0 Å². The largest absolute Gasteiger partial charge is 0.465 e. The molecule has 0 aliphatic carbocycles. The molecule has 33 heavy (non-hydrogen) atoms. The molecule has 0 aliphatic heterocycles. The fraction of sp³-hybridized carbons (Fsp3) is 0.103. The average molecular weight is 438 g/mol. The predicted molar refractivity (Wildman–Crippen MR) is 134 cm³/mol. The summed E-state index contributed by atoms with van der Waals surface area (Å²) in [5, 5.41) is 3.00. The molecular weight excluding hydrogens is 410 g/mol. The van der Waals surface area contributed by atoms with Gasteiger partial charge in [-0.05, 0) is 65.4 Å². The van der Waals surface area contributed by atoms with Gasteiger partial charge in [-0.15, -0.1) is 0 Å². The van der Waals surface area contributed by atoms with Gasteiger partial charge in [0.2, 0.25) is 0 Å². The van der Waals surface area contributed by atoms with E-state index in [1.807, 2.05) is 42.5 Å². The third-order valence-corrected chi connectivity index (χ3v) is 5.20. The first-order valence-electron chi connectivity index (χ1n) is 10.6. The molecule has 0 spiro atoms. The molecule has 1 N–H and O–H groups in total. The normalized spacial score (nSPS) is 10.9. The minimum Gasteiger partial charge on any atom is -0.465 e. The maximum atomic E-state index is 13.1. The van der Waals surface area contributed by atoms with Gasteiger partial charge < -0.3 is 10.1 Å². The summed E-state index contributed by atoms with van der Waals surface area (Å²) < 4.78 is 4.85.